The van der Waals surface area contributed by atoms with Gasteiger partial charge in [0.15, 0.2) is 5.16 Å². The molecule has 2 heterocycles. The molecule has 0 aliphatic carbocycles. The number of aromatic amines is 1. The van der Waals surface area contributed by atoms with Crippen LogP contribution in [0.1, 0.15) is 10.5 Å². The molecule has 6 nitrogen and oxygen atoms in total. The van der Waals surface area contributed by atoms with Crippen LogP contribution in [0.3, 0.4) is 0 Å². The molecule has 124 valence electrons. The van der Waals surface area contributed by atoms with Crippen molar-refractivity contribution in [2.45, 2.75) is 5.16 Å². The van der Waals surface area contributed by atoms with Gasteiger partial charge in [-0.25, -0.2) is 4.39 Å². The van der Waals surface area contributed by atoms with E-state index in [9.17, 15) is 9.18 Å². The number of hydrogen-bond acceptors (Lipinski definition) is 4. The molecule has 3 aromatic rings. The molecule has 0 unspecified atom stereocenters. The molecular weight excluding hydrogens is 329 g/mol. The lowest BCUT2D eigenvalue weighted by Crippen LogP contribution is -2.26. The lowest BCUT2D eigenvalue weighted by molar-refractivity contribution is 0.0952. The molecule has 0 bridgehead atoms. The Balaban J connectivity index is 1.52. The van der Waals surface area contributed by atoms with E-state index < -0.39 is 0 Å². The lowest BCUT2D eigenvalue weighted by atomic mass is 10.1. The highest BCUT2D eigenvalue weighted by atomic mass is 32.2. The summed E-state index contributed by atoms with van der Waals surface area (Å²) < 4.78 is 14.8. The summed E-state index contributed by atoms with van der Waals surface area (Å²) >= 11 is 1.52. The summed E-state index contributed by atoms with van der Waals surface area (Å²) in [4.78, 5) is 15.1. The molecule has 24 heavy (non-hydrogen) atoms. The van der Waals surface area contributed by atoms with Crippen LogP contribution >= 0.6 is 11.8 Å². The number of thioether (sulfide) groups is 1. The fraction of sp³-hybridized carbons (Fsp3) is 0.188. The van der Waals surface area contributed by atoms with Crippen molar-refractivity contribution in [3.05, 3.63) is 54.4 Å². The molecule has 0 atom stereocenters. The van der Waals surface area contributed by atoms with Gasteiger partial charge in [0.1, 0.15) is 17.8 Å². The van der Waals surface area contributed by atoms with Gasteiger partial charge >= 0.3 is 0 Å². The Kier molecular flexibility index (Phi) is 4.95. The molecule has 0 aliphatic rings. The molecule has 0 saturated heterocycles. The van der Waals surface area contributed by atoms with Gasteiger partial charge in [0.2, 0.25) is 0 Å². The standard InChI is InChI=1S/C16H16FN5OS/c1-22-10-20-21-16(22)24-7-6-18-15(23)14-8-12(9-19-14)11-2-4-13(17)5-3-11/h2-5,8-10,19H,6-7H2,1H3,(H,18,23). The first kappa shape index (κ1) is 16.3. The van der Waals surface area contributed by atoms with Crippen LogP contribution in [-0.2, 0) is 7.05 Å². The number of nitrogens with one attached hydrogen (secondary N) is 2. The minimum Gasteiger partial charge on any atom is -0.357 e. The molecule has 0 spiro atoms. The zero-order chi connectivity index (χ0) is 16.9. The molecule has 1 aromatic carbocycles. The Morgan fingerprint density at radius 2 is 2.12 bits per heavy atom. The number of halogens is 1. The van der Waals surface area contributed by atoms with Gasteiger partial charge < -0.3 is 14.9 Å². The number of aromatic nitrogens is 4. The quantitative estimate of drug-likeness (QED) is 0.532. The number of benzene rings is 1. The van der Waals surface area contributed by atoms with Crippen LogP contribution in [0.2, 0.25) is 0 Å². The third kappa shape index (κ3) is 3.83. The van der Waals surface area contributed by atoms with Crippen molar-refractivity contribution in [1.82, 2.24) is 25.1 Å². The monoisotopic (exact) mass is 345 g/mol. The second-order valence-electron chi connectivity index (χ2n) is 5.14. The number of rotatable bonds is 6. The second kappa shape index (κ2) is 7.31. The Hall–Kier alpha value is -2.61. The summed E-state index contributed by atoms with van der Waals surface area (Å²) in [6.07, 6.45) is 3.37. The maximum absolute atomic E-state index is 13.0. The van der Waals surface area contributed by atoms with E-state index in [0.717, 1.165) is 16.3 Å². The average Bonchev–Trinajstić information content (AvgIpc) is 3.22. The zero-order valence-corrected chi connectivity index (χ0v) is 13.8. The average molecular weight is 345 g/mol. The van der Waals surface area contributed by atoms with Gasteiger partial charge in [-0.1, -0.05) is 23.9 Å². The lowest BCUT2D eigenvalue weighted by Gasteiger charge is -2.03. The van der Waals surface area contributed by atoms with Crippen molar-refractivity contribution in [3.63, 3.8) is 0 Å². The number of amides is 1. The van der Waals surface area contributed by atoms with Gasteiger partial charge in [0, 0.05) is 25.5 Å². The Labute approximate surface area is 142 Å². The summed E-state index contributed by atoms with van der Waals surface area (Å²) in [6, 6.07) is 7.89. The van der Waals surface area contributed by atoms with E-state index in [1.54, 1.807) is 30.7 Å². The van der Waals surface area contributed by atoms with Crippen molar-refractivity contribution >= 4 is 17.7 Å². The number of carbonyl (C=O) groups excluding carboxylic acids is 1. The van der Waals surface area contributed by atoms with Crippen LogP contribution in [0.5, 0.6) is 0 Å². The molecule has 0 aliphatic heterocycles. The SMILES string of the molecule is Cn1cnnc1SCCNC(=O)c1cc(-c2ccc(F)cc2)c[nH]1. The van der Waals surface area contributed by atoms with Crippen LogP contribution in [0.25, 0.3) is 11.1 Å². The molecular formula is C16H16FN5OS. The van der Waals surface area contributed by atoms with Gasteiger partial charge in [-0.3, -0.25) is 4.79 Å². The summed E-state index contributed by atoms with van der Waals surface area (Å²) in [7, 11) is 1.87. The smallest absolute Gasteiger partial charge is 0.267 e. The Morgan fingerprint density at radius 1 is 1.33 bits per heavy atom. The highest BCUT2D eigenvalue weighted by Gasteiger charge is 2.09. The summed E-state index contributed by atoms with van der Waals surface area (Å²) in [6.45, 7) is 0.515. The van der Waals surface area contributed by atoms with E-state index in [1.807, 2.05) is 11.6 Å². The third-order valence-corrected chi connectivity index (χ3v) is 4.43. The van der Waals surface area contributed by atoms with E-state index in [2.05, 4.69) is 20.5 Å². The molecule has 3 rings (SSSR count). The number of carbonyl (C=O) groups is 1. The first-order valence-corrected chi connectivity index (χ1v) is 8.31. The molecule has 0 saturated carbocycles. The van der Waals surface area contributed by atoms with Gasteiger partial charge in [-0.15, -0.1) is 10.2 Å². The maximum atomic E-state index is 13.0. The van der Waals surface area contributed by atoms with Crippen molar-refractivity contribution in [2.75, 3.05) is 12.3 Å². The van der Waals surface area contributed by atoms with Crippen molar-refractivity contribution in [1.29, 1.82) is 0 Å². The molecule has 0 fully saturated rings. The van der Waals surface area contributed by atoms with Crippen LogP contribution in [0.15, 0.2) is 48.0 Å². The van der Waals surface area contributed by atoms with Crippen molar-refractivity contribution < 1.29 is 9.18 Å². The zero-order valence-electron chi connectivity index (χ0n) is 13.0. The van der Waals surface area contributed by atoms with Crippen LogP contribution in [0.4, 0.5) is 4.39 Å². The number of hydrogen-bond donors (Lipinski definition) is 2. The fourth-order valence-electron chi connectivity index (χ4n) is 2.14. The number of aryl methyl sites for hydroxylation is 1. The predicted octanol–water partition coefficient (Wildman–Crippen LogP) is 2.47. The normalized spacial score (nSPS) is 10.8. The Morgan fingerprint density at radius 3 is 2.83 bits per heavy atom. The summed E-state index contributed by atoms with van der Waals surface area (Å²) in [5.41, 5.74) is 2.16. The molecule has 2 N–H and O–H groups in total. The molecule has 0 radical (unpaired) electrons. The topological polar surface area (TPSA) is 75.6 Å². The van der Waals surface area contributed by atoms with E-state index in [0.29, 0.717) is 18.0 Å². The number of nitrogens with zero attached hydrogens (tertiary/aromatic N) is 3. The van der Waals surface area contributed by atoms with Gasteiger partial charge in [0.05, 0.1) is 0 Å². The van der Waals surface area contributed by atoms with E-state index in [-0.39, 0.29) is 11.7 Å². The fourth-order valence-corrected chi connectivity index (χ4v) is 2.88. The van der Waals surface area contributed by atoms with Gasteiger partial charge in [-0.2, -0.15) is 0 Å². The maximum Gasteiger partial charge on any atom is 0.267 e. The summed E-state index contributed by atoms with van der Waals surface area (Å²) in [5, 5.41) is 11.4. The van der Waals surface area contributed by atoms with Crippen molar-refractivity contribution in [2.24, 2.45) is 7.05 Å². The predicted molar refractivity (Wildman–Crippen MR) is 90.2 cm³/mol. The molecule has 8 heteroatoms. The minimum atomic E-state index is -0.285. The molecule has 2 aromatic heterocycles. The first-order valence-electron chi connectivity index (χ1n) is 7.33. The first-order chi connectivity index (χ1) is 11.6. The highest BCUT2D eigenvalue weighted by molar-refractivity contribution is 7.99. The largest absolute Gasteiger partial charge is 0.357 e. The highest BCUT2D eigenvalue weighted by Crippen LogP contribution is 2.20. The van der Waals surface area contributed by atoms with E-state index in [4.69, 9.17) is 0 Å². The van der Waals surface area contributed by atoms with Crippen LogP contribution < -0.4 is 5.32 Å². The number of H-pyrrole nitrogens is 1. The van der Waals surface area contributed by atoms with Crippen LogP contribution in [-0.4, -0.2) is 38.0 Å². The van der Waals surface area contributed by atoms with Crippen molar-refractivity contribution in [3.8, 4) is 11.1 Å². The van der Waals surface area contributed by atoms with E-state index >= 15 is 0 Å². The van der Waals surface area contributed by atoms with Gasteiger partial charge in [-0.05, 0) is 29.3 Å². The summed E-state index contributed by atoms with van der Waals surface area (Å²) in [5.74, 6) is 0.235. The third-order valence-electron chi connectivity index (χ3n) is 3.39. The molecule has 1 amide bonds. The van der Waals surface area contributed by atoms with Gasteiger partial charge in [0.25, 0.3) is 5.91 Å². The minimum absolute atomic E-state index is 0.179. The second-order valence-corrected chi connectivity index (χ2v) is 6.20. The van der Waals surface area contributed by atoms with E-state index in [1.165, 1.54) is 23.9 Å². The van der Waals surface area contributed by atoms with Crippen LogP contribution in [0, 0.1) is 5.82 Å². The Bertz CT molecular complexity index is 827.